The van der Waals surface area contributed by atoms with Crippen LogP contribution >= 0.6 is 0 Å². The van der Waals surface area contributed by atoms with Crippen LogP contribution in [0.4, 0.5) is 116 Å². The van der Waals surface area contributed by atoms with Crippen molar-refractivity contribution in [2.45, 2.75) is 0 Å². The molecule has 1 N–H and O–H groups in total. The van der Waals surface area contributed by atoms with Crippen LogP contribution in [0.2, 0.25) is 0 Å². The molecule has 0 aliphatic carbocycles. The molecule has 85 heavy (non-hydrogen) atoms. The van der Waals surface area contributed by atoms with Gasteiger partial charge in [0.1, 0.15) is 88.1 Å². The van der Waals surface area contributed by atoms with E-state index in [1.54, 1.807) is 0 Å². The molecule has 0 fully saturated rings. The summed E-state index contributed by atoms with van der Waals surface area (Å²) >= 11 is 0. The third kappa shape index (κ3) is 12.9. The van der Waals surface area contributed by atoms with Crippen molar-refractivity contribution < 1.29 is 136 Å². The van der Waals surface area contributed by atoms with Gasteiger partial charge < -0.3 is 24.1 Å². The maximum atomic E-state index is 14.9. The Bertz CT molecular complexity index is 3410. The van der Waals surface area contributed by atoms with Gasteiger partial charge in [-0.1, -0.05) is 25.6 Å². The number of hydrogen-bond acceptors (Lipinski definition) is 14. The second-order valence-electron chi connectivity index (χ2n) is 15.0. The fourth-order valence-corrected chi connectivity index (χ4v) is 6.08. The number of ether oxygens (including phenoxy) is 4. The molecule has 0 unspecified atom stereocenters. The first-order chi connectivity index (χ1) is 39.8. The van der Waals surface area contributed by atoms with Crippen LogP contribution in [-0.4, -0.2) is 61.4 Å². The molecule has 0 amide bonds. The Morgan fingerprint density at radius 1 is 0.294 bits per heavy atom. The lowest BCUT2D eigenvalue weighted by atomic mass is 9.91. The minimum absolute atomic E-state index is 1.55. The van der Waals surface area contributed by atoms with Crippen molar-refractivity contribution in [3.8, 4) is 0 Å². The van der Waals surface area contributed by atoms with E-state index >= 15 is 0 Å². The van der Waals surface area contributed by atoms with Crippen molar-refractivity contribution in [1.82, 2.24) is 0 Å². The van der Waals surface area contributed by atoms with Crippen LogP contribution in [0.5, 0.6) is 0 Å². The average Bonchev–Trinajstić information content (AvgIpc) is 3.20. The Balaban J connectivity index is 0.000000833. The summed E-state index contributed by atoms with van der Waals surface area (Å²) < 4.78 is 306. The van der Waals surface area contributed by atoms with Gasteiger partial charge in [-0.15, -0.1) is 0 Å². The number of carboxylic acids is 1. The number of azide groups is 5. The number of aromatic carboxylic acids is 1. The first-order valence-electron chi connectivity index (χ1n) is 20.3. The number of benzene rings is 5. The standard InChI is InChI=1S/C33H8F16N12O8.C7HF4N3O2/c34-9-5(10(35)18(43)25(17(9)42)54-58-50)29(62)66-1-33(2-67-30(63)6-11(36)19(44)26(55-59-51)20(45)12(6)37,3-68-31(64)7-13(38)21(46)27(56-60-52)22(47)14(7)39)4-69-32(65)8-15(40)23(48)28(57-61-53)24(49)16(8)41;8-2-1(7(15)16)3(9)5(11)6(4(2)10)13-14-12/h1-4H2;(H,15,16). The van der Waals surface area contributed by atoms with E-state index in [0.29, 0.717) is 0 Å². The summed E-state index contributed by atoms with van der Waals surface area (Å²) in [6, 6.07) is 0. The zero-order chi connectivity index (χ0) is 64.4. The fraction of sp³-hybridized carbons (Fsp3) is 0.125. The van der Waals surface area contributed by atoms with Gasteiger partial charge in [0.2, 0.25) is 0 Å². The molecule has 0 aliphatic rings. The molecule has 25 nitrogen and oxygen atoms in total. The van der Waals surface area contributed by atoms with Crippen molar-refractivity contribution in [3.63, 3.8) is 0 Å². The number of carbonyl (C=O) groups is 5. The summed E-state index contributed by atoms with van der Waals surface area (Å²) in [5.41, 5.74) is 16.8. The highest BCUT2D eigenvalue weighted by atomic mass is 19.2. The van der Waals surface area contributed by atoms with Crippen molar-refractivity contribution in [2.24, 2.45) is 31.0 Å². The average molecular weight is 1240 g/mol. The molecule has 0 heterocycles. The summed E-state index contributed by atoms with van der Waals surface area (Å²) in [5.74, 6) is -64.6. The van der Waals surface area contributed by atoms with Gasteiger partial charge in [0.25, 0.3) is 0 Å². The van der Waals surface area contributed by atoms with Gasteiger partial charge in [0.15, 0.2) is 116 Å². The molecule has 0 aliphatic heterocycles. The van der Waals surface area contributed by atoms with Gasteiger partial charge in [0.05, 0.1) is 0 Å². The minimum atomic E-state index is -3.54. The number of halogens is 20. The number of rotatable bonds is 18. The van der Waals surface area contributed by atoms with Gasteiger partial charge in [-0.25, -0.2) is 112 Å². The smallest absolute Gasteiger partial charge is 0.344 e. The zero-order valence-electron chi connectivity index (χ0n) is 39.2. The van der Waals surface area contributed by atoms with Crippen LogP contribution < -0.4 is 0 Å². The molecule has 0 bridgehead atoms. The molecule has 444 valence electrons. The van der Waals surface area contributed by atoms with Crippen LogP contribution in [-0.2, 0) is 18.9 Å². The van der Waals surface area contributed by atoms with Crippen LogP contribution in [0.3, 0.4) is 0 Å². The molecule has 0 radical (unpaired) electrons. The topological polar surface area (TPSA) is 386 Å². The van der Waals surface area contributed by atoms with Crippen LogP contribution in [0.1, 0.15) is 51.8 Å². The first-order valence-corrected chi connectivity index (χ1v) is 20.3. The van der Waals surface area contributed by atoms with Crippen LogP contribution in [0, 0.1) is 122 Å². The zero-order valence-corrected chi connectivity index (χ0v) is 39.2. The highest BCUT2D eigenvalue weighted by Crippen LogP contribution is 2.37. The van der Waals surface area contributed by atoms with E-state index in [-0.39, 0.29) is 0 Å². The van der Waals surface area contributed by atoms with E-state index in [0.717, 1.165) is 0 Å². The third-order valence-corrected chi connectivity index (χ3v) is 9.99. The van der Waals surface area contributed by atoms with Crippen molar-refractivity contribution >= 4 is 58.3 Å². The Kier molecular flexibility index (Phi) is 20.9. The van der Waals surface area contributed by atoms with E-state index in [1.165, 1.54) is 0 Å². The second-order valence-corrected chi connectivity index (χ2v) is 15.0. The molecule has 0 atom stereocenters. The number of carbonyl (C=O) groups excluding carboxylic acids is 4. The quantitative estimate of drug-likeness (QED) is 0.0164. The Morgan fingerprint density at radius 2 is 0.435 bits per heavy atom. The van der Waals surface area contributed by atoms with Crippen molar-refractivity contribution in [3.05, 3.63) is 196 Å². The Labute approximate surface area is 447 Å². The SMILES string of the molecule is [N-]=[N+]=Nc1c(F)c(F)c(C(=O)O)c(F)c1F.[N-]=[N+]=Nc1c(F)c(F)c(C(=O)OCC(COC(=O)c2c(F)c(F)c(N=[N+]=[N-])c(F)c2F)(COC(=O)c2c(F)c(F)c(N=[N+]=[N-])c(F)c2F)COC(=O)c2c(F)c(F)c(N=[N+]=[N-])c(F)c2F)c(F)c1F. The molecule has 5 aromatic carbocycles. The molecule has 0 aromatic heterocycles. The number of hydrogen-bond donors (Lipinski definition) is 1. The second kappa shape index (κ2) is 26.9. The molecule has 5 rings (SSSR count). The largest absolute Gasteiger partial charge is 0.477 e. The number of esters is 4. The fourth-order valence-electron chi connectivity index (χ4n) is 6.08. The molecule has 45 heteroatoms. The summed E-state index contributed by atoms with van der Waals surface area (Å²) in [5, 5.41) is 19.9. The first kappa shape index (κ1) is 66.1. The maximum absolute atomic E-state index is 14.9. The number of nitrogens with zero attached hydrogens (tertiary/aromatic N) is 15. The lowest BCUT2D eigenvalue weighted by molar-refractivity contribution is -0.0649. The third-order valence-electron chi connectivity index (χ3n) is 9.99. The predicted molar refractivity (Wildman–Crippen MR) is 226 cm³/mol. The van der Waals surface area contributed by atoms with Gasteiger partial charge in [-0.3, -0.25) is 0 Å². The van der Waals surface area contributed by atoms with E-state index in [2.05, 4.69) is 44.5 Å². The normalized spacial score (nSPS) is 11.2. The maximum Gasteiger partial charge on any atom is 0.344 e. The Hall–Kier alpha value is -11.4. The predicted octanol–water partition coefficient (Wildman–Crippen LogP) is 14.3. The lowest BCUT2D eigenvalue weighted by Crippen LogP contribution is -2.44. The molecule has 0 spiro atoms. The monoisotopic (exact) mass is 1240 g/mol. The molecule has 5 aromatic rings. The summed E-state index contributed by atoms with van der Waals surface area (Å²) in [4.78, 5) is 71.8. The highest BCUT2D eigenvalue weighted by Gasteiger charge is 2.43. The van der Waals surface area contributed by atoms with Crippen LogP contribution in [0.25, 0.3) is 52.2 Å². The van der Waals surface area contributed by atoms with Gasteiger partial charge in [-0.05, 0) is 27.7 Å². The van der Waals surface area contributed by atoms with E-state index in [1.807, 2.05) is 24.6 Å². The lowest BCUT2D eigenvalue weighted by Gasteiger charge is -2.31. The summed E-state index contributed by atoms with van der Waals surface area (Å²) in [7, 11) is 0. The molecule has 0 saturated heterocycles. The molecular formula is C40H9F20N15O10. The molecular weight excluding hydrogens is 1230 g/mol. The van der Waals surface area contributed by atoms with Crippen LogP contribution in [0.15, 0.2) is 25.6 Å². The number of carboxylic acid groups (broad SMARTS) is 1. The van der Waals surface area contributed by atoms with Gasteiger partial charge in [-0.2, -0.15) is 0 Å². The minimum Gasteiger partial charge on any atom is -0.477 e. The Morgan fingerprint density at radius 3 is 0.565 bits per heavy atom. The van der Waals surface area contributed by atoms with Gasteiger partial charge >= 0.3 is 29.8 Å². The summed E-state index contributed by atoms with van der Waals surface area (Å²) in [6.45, 7) is -8.90. The van der Waals surface area contributed by atoms with E-state index in [4.69, 9.17) is 32.8 Å². The van der Waals surface area contributed by atoms with E-state index < -0.39 is 234 Å². The van der Waals surface area contributed by atoms with Gasteiger partial charge in [0, 0.05) is 24.6 Å². The summed E-state index contributed by atoms with van der Waals surface area (Å²) in [6.07, 6.45) is 0. The molecule has 0 saturated carbocycles. The highest BCUT2D eigenvalue weighted by molar-refractivity contribution is 5.93. The van der Waals surface area contributed by atoms with Crippen molar-refractivity contribution in [1.29, 1.82) is 0 Å². The van der Waals surface area contributed by atoms with Crippen molar-refractivity contribution in [2.75, 3.05) is 26.4 Å². The van der Waals surface area contributed by atoms with E-state index in [9.17, 15) is 112 Å².